The SMILES string of the molecule is COc1ccc(CC2CCN(C(=O)C3CNC3)CC2)cc1. The van der Waals surface area contributed by atoms with E-state index >= 15 is 0 Å². The minimum Gasteiger partial charge on any atom is -0.497 e. The van der Waals surface area contributed by atoms with Gasteiger partial charge in [-0.25, -0.2) is 0 Å². The van der Waals surface area contributed by atoms with Crippen LogP contribution in [0.5, 0.6) is 5.75 Å². The predicted octanol–water partition coefficient (Wildman–Crippen LogP) is 1.70. The molecule has 21 heavy (non-hydrogen) atoms. The number of carbonyl (C=O) groups excluding carboxylic acids is 1. The zero-order chi connectivity index (χ0) is 14.7. The average Bonchev–Trinajstić information content (AvgIpc) is 2.47. The number of nitrogens with zero attached hydrogens (tertiary/aromatic N) is 1. The largest absolute Gasteiger partial charge is 0.497 e. The van der Waals surface area contributed by atoms with Crippen molar-refractivity contribution in [1.82, 2.24) is 10.2 Å². The molecule has 0 aromatic heterocycles. The summed E-state index contributed by atoms with van der Waals surface area (Å²) in [5, 5.41) is 3.17. The van der Waals surface area contributed by atoms with Gasteiger partial charge in [0.2, 0.25) is 5.91 Å². The van der Waals surface area contributed by atoms with Crippen LogP contribution in [0.1, 0.15) is 18.4 Å². The number of hydrogen-bond acceptors (Lipinski definition) is 3. The molecule has 0 aliphatic carbocycles. The smallest absolute Gasteiger partial charge is 0.228 e. The monoisotopic (exact) mass is 288 g/mol. The first-order valence-electron chi connectivity index (χ1n) is 7.88. The van der Waals surface area contributed by atoms with Crippen LogP contribution in [0, 0.1) is 11.8 Å². The second-order valence-electron chi connectivity index (χ2n) is 6.18. The van der Waals surface area contributed by atoms with E-state index in [9.17, 15) is 4.79 Å². The second kappa shape index (κ2) is 6.48. The average molecular weight is 288 g/mol. The fourth-order valence-electron chi connectivity index (χ4n) is 3.17. The molecule has 0 bridgehead atoms. The van der Waals surface area contributed by atoms with Gasteiger partial charge in [-0.1, -0.05) is 12.1 Å². The number of methoxy groups -OCH3 is 1. The molecule has 1 N–H and O–H groups in total. The highest BCUT2D eigenvalue weighted by atomic mass is 16.5. The van der Waals surface area contributed by atoms with Crippen LogP contribution >= 0.6 is 0 Å². The van der Waals surface area contributed by atoms with E-state index in [-0.39, 0.29) is 5.92 Å². The van der Waals surface area contributed by atoms with Crippen LogP contribution in [-0.2, 0) is 11.2 Å². The summed E-state index contributed by atoms with van der Waals surface area (Å²) in [5.41, 5.74) is 1.36. The zero-order valence-corrected chi connectivity index (χ0v) is 12.7. The van der Waals surface area contributed by atoms with E-state index in [0.717, 1.165) is 51.2 Å². The Morgan fingerprint density at radius 1 is 1.24 bits per heavy atom. The summed E-state index contributed by atoms with van der Waals surface area (Å²) in [6, 6.07) is 8.35. The summed E-state index contributed by atoms with van der Waals surface area (Å²) in [4.78, 5) is 14.3. The van der Waals surface area contributed by atoms with Crippen molar-refractivity contribution in [2.45, 2.75) is 19.3 Å². The molecule has 2 aliphatic rings. The molecule has 0 radical (unpaired) electrons. The third-order valence-electron chi connectivity index (χ3n) is 4.74. The van der Waals surface area contributed by atoms with E-state index < -0.39 is 0 Å². The molecule has 0 saturated carbocycles. The summed E-state index contributed by atoms with van der Waals surface area (Å²) in [5.74, 6) is 2.20. The van der Waals surface area contributed by atoms with Crippen molar-refractivity contribution in [2.24, 2.45) is 11.8 Å². The maximum Gasteiger partial charge on any atom is 0.228 e. The molecule has 2 saturated heterocycles. The minimum atomic E-state index is 0.239. The van der Waals surface area contributed by atoms with Crippen molar-refractivity contribution in [3.63, 3.8) is 0 Å². The fraction of sp³-hybridized carbons (Fsp3) is 0.588. The molecule has 1 aromatic rings. The molecule has 0 spiro atoms. The van der Waals surface area contributed by atoms with Crippen LogP contribution in [0.25, 0.3) is 0 Å². The van der Waals surface area contributed by atoms with Gasteiger partial charge in [0.15, 0.2) is 0 Å². The Morgan fingerprint density at radius 3 is 2.43 bits per heavy atom. The van der Waals surface area contributed by atoms with Gasteiger partial charge in [0, 0.05) is 26.2 Å². The van der Waals surface area contributed by atoms with Crippen LogP contribution in [0.3, 0.4) is 0 Å². The maximum absolute atomic E-state index is 12.2. The lowest BCUT2D eigenvalue weighted by molar-refractivity contribution is -0.138. The summed E-state index contributed by atoms with van der Waals surface area (Å²) in [6.45, 7) is 3.58. The van der Waals surface area contributed by atoms with Gasteiger partial charge in [0.25, 0.3) is 0 Å². The molecule has 2 aliphatic heterocycles. The fourth-order valence-corrected chi connectivity index (χ4v) is 3.17. The first-order valence-corrected chi connectivity index (χ1v) is 7.88. The lowest BCUT2D eigenvalue weighted by atomic mass is 9.89. The Bertz CT molecular complexity index is 474. The Balaban J connectivity index is 1.47. The number of amides is 1. The van der Waals surface area contributed by atoms with Gasteiger partial charge in [-0.3, -0.25) is 4.79 Å². The molecule has 2 fully saturated rings. The summed E-state index contributed by atoms with van der Waals surface area (Å²) >= 11 is 0. The Labute approximate surface area is 126 Å². The lowest BCUT2D eigenvalue weighted by Gasteiger charge is -2.37. The van der Waals surface area contributed by atoms with Crippen molar-refractivity contribution >= 4 is 5.91 Å². The molecule has 114 valence electrons. The van der Waals surface area contributed by atoms with Crippen LogP contribution in [0.2, 0.25) is 0 Å². The lowest BCUT2D eigenvalue weighted by Crippen LogP contribution is -2.53. The molecular formula is C17H24N2O2. The van der Waals surface area contributed by atoms with E-state index in [1.807, 2.05) is 12.1 Å². The topological polar surface area (TPSA) is 41.6 Å². The van der Waals surface area contributed by atoms with Gasteiger partial charge in [-0.2, -0.15) is 0 Å². The quantitative estimate of drug-likeness (QED) is 0.917. The molecular weight excluding hydrogens is 264 g/mol. The van der Waals surface area contributed by atoms with Gasteiger partial charge in [-0.05, 0) is 42.9 Å². The van der Waals surface area contributed by atoms with E-state index in [4.69, 9.17) is 4.74 Å². The van der Waals surface area contributed by atoms with Gasteiger partial charge in [-0.15, -0.1) is 0 Å². The molecule has 3 rings (SSSR count). The summed E-state index contributed by atoms with van der Waals surface area (Å²) in [7, 11) is 1.69. The van der Waals surface area contributed by atoms with Crippen molar-refractivity contribution in [1.29, 1.82) is 0 Å². The molecule has 1 aromatic carbocycles. The van der Waals surface area contributed by atoms with Crippen molar-refractivity contribution < 1.29 is 9.53 Å². The summed E-state index contributed by atoms with van der Waals surface area (Å²) in [6.07, 6.45) is 3.35. The highest BCUT2D eigenvalue weighted by molar-refractivity contribution is 5.80. The number of ether oxygens (including phenoxy) is 1. The van der Waals surface area contributed by atoms with Crippen LogP contribution in [0.15, 0.2) is 24.3 Å². The molecule has 0 unspecified atom stereocenters. The van der Waals surface area contributed by atoms with Crippen LogP contribution in [0.4, 0.5) is 0 Å². The molecule has 4 heteroatoms. The zero-order valence-electron chi connectivity index (χ0n) is 12.7. The van der Waals surface area contributed by atoms with E-state index in [1.165, 1.54) is 5.56 Å². The normalized spacial score (nSPS) is 20.1. The molecule has 4 nitrogen and oxygen atoms in total. The number of likely N-dealkylation sites (tertiary alicyclic amines) is 1. The van der Waals surface area contributed by atoms with Crippen molar-refractivity contribution in [2.75, 3.05) is 33.3 Å². The highest BCUT2D eigenvalue weighted by Crippen LogP contribution is 2.24. The number of rotatable bonds is 4. The Kier molecular flexibility index (Phi) is 4.44. The second-order valence-corrected chi connectivity index (χ2v) is 6.18. The Hall–Kier alpha value is -1.55. The third-order valence-corrected chi connectivity index (χ3v) is 4.74. The molecule has 1 amide bonds. The van der Waals surface area contributed by atoms with Gasteiger partial charge in [0.1, 0.15) is 5.75 Å². The van der Waals surface area contributed by atoms with E-state index in [2.05, 4.69) is 22.3 Å². The van der Waals surface area contributed by atoms with Gasteiger partial charge in [0.05, 0.1) is 13.0 Å². The van der Waals surface area contributed by atoms with Gasteiger partial charge >= 0.3 is 0 Å². The van der Waals surface area contributed by atoms with Crippen molar-refractivity contribution in [3.05, 3.63) is 29.8 Å². The number of piperidine rings is 1. The number of carbonyl (C=O) groups is 1. The number of nitrogens with one attached hydrogen (secondary N) is 1. The molecule has 0 atom stereocenters. The van der Waals surface area contributed by atoms with Crippen LogP contribution in [-0.4, -0.2) is 44.1 Å². The minimum absolute atomic E-state index is 0.239. The predicted molar refractivity (Wildman–Crippen MR) is 82.4 cm³/mol. The first kappa shape index (κ1) is 14.4. The van der Waals surface area contributed by atoms with Gasteiger partial charge < -0.3 is 15.0 Å². The Morgan fingerprint density at radius 2 is 1.90 bits per heavy atom. The maximum atomic E-state index is 12.2. The number of hydrogen-bond donors (Lipinski definition) is 1. The summed E-state index contributed by atoms with van der Waals surface area (Å²) < 4.78 is 5.19. The van der Waals surface area contributed by atoms with E-state index in [0.29, 0.717) is 11.8 Å². The van der Waals surface area contributed by atoms with Crippen LogP contribution < -0.4 is 10.1 Å². The first-order chi connectivity index (χ1) is 10.3. The standard InChI is InChI=1S/C17H24N2O2/c1-21-16-4-2-13(3-5-16)10-14-6-8-19(9-7-14)17(20)15-11-18-12-15/h2-5,14-15,18H,6-12H2,1H3. The number of benzene rings is 1. The van der Waals surface area contributed by atoms with E-state index in [1.54, 1.807) is 7.11 Å². The third kappa shape index (κ3) is 3.38. The van der Waals surface area contributed by atoms with Crippen molar-refractivity contribution in [3.8, 4) is 5.75 Å². The molecule has 2 heterocycles. The highest BCUT2D eigenvalue weighted by Gasteiger charge is 2.31.